The molecule has 0 aliphatic rings. The minimum atomic E-state index is 0.682. The average molecular weight is 331 g/mol. The maximum atomic E-state index is 5.22. The van der Waals surface area contributed by atoms with E-state index in [4.69, 9.17) is 4.74 Å². The van der Waals surface area contributed by atoms with Gasteiger partial charge in [0.2, 0.25) is 5.88 Å². The summed E-state index contributed by atoms with van der Waals surface area (Å²) in [5, 5.41) is 1.85. The van der Waals surface area contributed by atoms with Crippen LogP contribution in [-0.2, 0) is 5.33 Å². The summed E-state index contributed by atoms with van der Waals surface area (Å²) in [4.78, 5) is 4.43. The summed E-state index contributed by atoms with van der Waals surface area (Å²) in [7, 11) is 1.64. The molecule has 0 saturated heterocycles. The number of pyridine rings is 1. The Hall–Kier alpha value is -0.610. The summed E-state index contributed by atoms with van der Waals surface area (Å²) in [5.41, 5.74) is 2.00. The third-order valence-corrected chi connectivity index (χ3v) is 3.25. The smallest absolute Gasteiger partial charge is 0.217 e. The van der Waals surface area contributed by atoms with Gasteiger partial charge in [0.15, 0.2) is 0 Å². The fourth-order valence-corrected chi connectivity index (χ4v) is 2.23. The van der Waals surface area contributed by atoms with Crippen LogP contribution in [0.2, 0.25) is 0 Å². The predicted molar refractivity (Wildman–Crippen MR) is 68.6 cm³/mol. The van der Waals surface area contributed by atoms with Gasteiger partial charge in [0, 0.05) is 20.8 Å². The Kier molecular flexibility index (Phi) is 3.26. The van der Waals surface area contributed by atoms with Crippen LogP contribution in [0.1, 0.15) is 5.56 Å². The Bertz CT molecular complexity index is 499. The Labute approximate surface area is 105 Å². The van der Waals surface area contributed by atoms with Crippen molar-refractivity contribution in [1.82, 2.24) is 4.98 Å². The molecule has 0 unspecified atom stereocenters. The third kappa shape index (κ3) is 2.16. The lowest BCUT2D eigenvalue weighted by atomic mass is 10.2. The molecule has 1 aromatic heterocycles. The highest BCUT2D eigenvalue weighted by Crippen LogP contribution is 2.26. The zero-order valence-electron chi connectivity index (χ0n) is 8.13. The van der Waals surface area contributed by atoms with Gasteiger partial charge in [0.05, 0.1) is 12.6 Å². The molecule has 1 heterocycles. The summed E-state index contributed by atoms with van der Waals surface area (Å²) in [6.07, 6.45) is 0. The molecule has 2 nitrogen and oxygen atoms in total. The maximum Gasteiger partial charge on any atom is 0.217 e. The first-order valence-corrected chi connectivity index (χ1v) is 6.35. The van der Waals surface area contributed by atoms with Crippen LogP contribution in [0, 0.1) is 0 Å². The van der Waals surface area contributed by atoms with Crippen molar-refractivity contribution in [3.8, 4) is 5.88 Å². The molecule has 0 aliphatic carbocycles. The number of hydrogen-bond donors (Lipinski definition) is 0. The number of fused-ring (bicyclic) bond motifs is 1. The van der Waals surface area contributed by atoms with E-state index in [1.165, 1.54) is 0 Å². The van der Waals surface area contributed by atoms with Crippen molar-refractivity contribution < 1.29 is 4.74 Å². The highest BCUT2D eigenvalue weighted by molar-refractivity contribution is 9.10. The van der Waals surface area contributed by atoms with Gasteiger partial charge in [-0.1, -0.05) is 31.9 Å². The monoisotopic (exact) mass is 329 g/mol. The van der Waals surface area contributed by atoms with E-state index in [-0.39, 0.29) is 0 Å². The SMILES string of the molecule is COc1nc2ccc(Br)cc2cc1CBr. The van der Waals surface area contributed by atoms with E-state index < -0.39 is 0 Å². The Morgan fingerprint density at radius 3 is 2.80 bits per heavy atom. The van der Waals surface area contributed by atoms with Gasteiger partial charge < -0.3 is 4.74 Å². The zero-order valence-corrected chi connectivity index (χ0v) is 11.3. The summed E-state index contributed by atoms with van der Waals surface area (Å²) < 4.78 is 6.28. The Morgan fingerprint density at radius 1 is 1.33 bits per heavy atom. The minimum absolute atomic E-state index is 0.682. The van der Waals surface area contributed by atoms with Crippen LogP contribution in [0.4, 0.5) is 0 Å². The van der Waals surface area contributed by atoms with Crippen LogP contribution in [-0.4, -0.2) is 12.1 Å². The van der Waals surface area contributed by atoms with Crippen LogP contribution in [0.5, 0.6) is 5.88 Å². The van der Waals surface area contributed by atoms with Gasteiger partial charge in [0.25, 0.3) is 0 Å². The van der Waals surface area contributed by atoms with E-state index in [2.05, 4.69) is 42.9 Å². The molecule has 0 amide bonds. The highest BCUT2D eigenvalue weighted by atomic mass is 79.9. The molecule has 0 fully saturated rings. The summed E-state index contributed by atoms with van der Waals surface area (Å²) >= 11 is 6.87. The zero-order chi connectivity index (χ0) is 10.8. The number of nitrogens with zero attached hydrogens (tertiary/aromatic N) is 1. The molecular formula is C11H9Br2NO. The van der Waals surface area contributed by atoms with E-state index in [1.54, 1.807) is 7.11 Å². The predicted octanol–water partition coefficient (Wildman–Crippen LogP) is 3.90. The second kappa shape index (κ2) is 4.49. The molecule has 0 spiro atoms. The molecule has 1 aromatic carbocycles. The van der Waals surface area contributed by atoms with E-state index >= 15 is 0 Å². The molecule has 0 atom stereocenters. The van der Waals surface area contributed by atoms with Gasteiger partial charge in [0.1, 0.15) is 0 Å². The van der Waals surface area contributed by atoms with Crippen molar-refractivity contribution in [3.05, 3.63) is 34.3 Å². The fourth-order valence-electron chi connectivity index (χ4n) is 1.45. The maximum absolute atomic E-state index is 5.22. The van der Waals surface area contributed by atoms with Gasteiger partial charge in [-0.05, 0) is 24.3 Å². The minimum Gasteiger partial charge on any atom is -0.481 e. The quantitative estimate of drug-likeness (QED) is 0.779. The van der Waals surface area contributed by atoms with E-state index in [0.717, 1.165) is 26.3 Å². The third-order valence-electron chi connectivity index (χ3n) is 2.15. The van der Waals surface area contributed by atoms with Crippen LogP contribution in [0.15, 0.2) is 28.7 Å². The number of ether oxygens (including phenoxy) is 1. The lowest BCUT2D eigenvalue weighted by Gasteiger charge is -2.07. The number of rotatable bonds is 2. The number of aromatic nitrogens is 1. The first kappa shape index (κ1) is 10.9. The first-order valence-electron chi connectivity index (χ1n) is 4.43. The molecule has 2 aromatic rings. The molecule has 0 saturated carbocycles. The van der Waals surface area contributed by atoms with Crippen molar-refractivity contribution in [2.45, 2.75) is 5.33 Å². The second-order valence-corrected chi connectivity index (χ2v) is 4.60. The van der Waals surface area contributed by atoms with Gasteiger partial charge in [-0.2, -0.15) is 0 Å². The van der Waals surface area contributed by atoms with E-state index in [0.29, 0.717) is 5.88 Å². The van der Waals surface area contributed by atoms with Crippen LogP contribution >= 0.6 is 31.9 Å². The van der Waals surface area contributed by atoms with Gasteiger partial charge >= 0.3 is 0 Å². The molecule has 0 N–H and O–H groups in total. The second-order valence-electron chi connectivity index (χ2n) is 3.13. The Balaban J connectivity index is 2.69. The summed E-state index contributed by atoms with van der Waals surface area (Å²) in [5.74, 6) is 0.682. The van der Waals surface area contributed by atoms with E-state index in [1.807, 2.05) is 18.2 Å². The number of hydrogen-bond acceptors (Lipinski definition) is 2. The lowest BCUT2D eigenvalue weighted by Crippen LogP contribution is -1.93. The molecule has 0 radical (unpaired) electrons. The van der Waals surface area contributed by atoms with Crippen LogP contribution < -0.4 is 4.74 Å². The average Bonchev–Trinajstić information content (AvgIpc) is 2.27. The summed E-state index contributed by atoms with van der Waals surface area (Å²) in [6, 6.07) is 8.08. The van der Waals surface area contributed by atoms with Crippen molar-refractivity contribution in [3.63, 3.8) is 0 Å². The van der Waals surface area contributed by atoms with Crippen molar-refractivity contribution in [1.29, 1.82) is 0 Å². The molecular weight excluding hydrogens is 322 g/mol. The van der Waals surface area contributed by atoms with Gasteiger partial charge in [-0.3, -0.25) is 0 Å². The van der Waals surface area contributed by atoms with Crippen LogP contribution in [0.25, 0.3) is 10.9 Å². The topological polar surface area (TPSA) is 22.1 Å². The fraction of sp³-hybridized carbons (Fsp3) is 0.182. The number of methoxy groups -OCH3 is 1. The lowest BCUT2D eigenvalue weighted by molar-refractivity contribution is 0.396. The molecule has 0 aliphatic heterocycles. The van der Waals surface area contributed by atoms with E-state index in [9.17, 15) is 0 Å². The number of benzene rings is 1. The molecule has 78 valence electrons. The molecule has 15 heavy (non-hydrogen) atoms. The molecule has 2 rings (SSSR count). The Morgan fingerprint density at radius 2 is 2.13 bits per heavy atom. The first-order chi connectivity index (χ1) is 7.24. The number of alkyl halides is 1. The summed E-state index contributed by atoms with van der Waals surface area (Å²) in [6.45, 7) is 0. The standard InChI is InChI=1S/C11H9Br2NO/c1-15-11-8(6-12)4-7-5-9(13)2-3-10(7)14-11/h2-5H,6H2,1H3. The van der Waals surface area contributed by atoms with Crippen molar-refractivity contribution in [2.75, 3.05) is 7.11 Å². The highest BCUT2D eigenvalue weighted by Gasteiger charge is 2.06. The van der Waals surface area contributed by atoms with Gasteiger partial charge in [-0.15, -0.1) is 0 Å². The van der Waals surface area contributed by atoms with Crippen LogP contribution in [0.3, 0.4) is 0 Å². The molecule has 4 heteroatoms. The normalized spacial score (nSPS) is 10.6. The van der Waals surface area contributed by atoms with Crippen molar-refractivity contribution in [2.24, 2.45) is 0 Å². The van der Waals surface area contributed by atoms with Crippen molar-refractivity contribution >= 4 is 42.8 Å². The largest absolute Gasteiger partial charge is 0.481 e. The number of halogens is 2. The molecule has 0 bridgehead atoms. The van der Waals surface area contributed by atoms with Gasteiger partial charge in [-0.25, -0.2) is 4.98 Å².